The van der Waals surface area contributed by atoms with Gasteiger partial charge in [0.1, 0.15) is 5.75 Å². The van der Waals surface area contributed by atoms with Crippen molar-refractivity contribution in [3.8, 4) is 5.75 Å². The van der Waals surface area contributed by atoms with Crippen LogP contribution in [0.2, 0.25) is 0 Å². The molecule has 1 aromatic rings. The number of aromatic carboxylic acids is 1. The van der Waals surface area contributed by atoms with E-state index in [1.165, 1.54) is 12.1 Å². The van der Waals surface area contributed by atoms with E-state index >= 15 is 0 Å². The fourth-order valence-electron chi connectivity index (χ4n) is 1.27. The van der Waals surface area contributed by atoms with Crippen molar-refractivity contribution in [3.63, 3.8) is 0 Å². The van der Waals surface area contributed by atoms with Crippen molar-refractivity contribution in [2.24, 2.45) is 0 Å². The van der Waals surface area contributed by atoms with Gasteiger partial charge < -0.3 is 14.6 Å². The van der Waals surface area contributed by atoms with Crippen LogP contribution in [-0.2, 0) is 9.53 Å². The Labute approximate surface area is 105 Å². The fraction of sp³-hybridized carbons (Fsp3) is 0.385. The number of rotatable bonds is 6. The van der Waals surface area contributed by atoms with E-state index in [4.69, 9.17) is 14.6 Å². The Bertz CT molecular complexity index is 427. The minimum Gasteiger partial charge on any atom is -0.479 e. The van der Waals surface area contributed by atoms with Gasteiger partial charge in [0.2, 0.25) is 0 Å². The van der Waals surface area contributed by atoms with Crippen LogP contribution in [0.3, 0.4) is 0 Å². The number of carboxylic acid groups (broad SMARTS) is 1. The van der Waals surface area contributed by atoms with Gasteiger partial charge in [0, 0.05) is 0 Å². The lowest BCUT2D eigenvalue weighted by Crippen LogP contribution is -2.26. The van der Waals surface area contributed by atoms with E-state index in [0.29, 0.717) is 12.4 Å². The highest BCUT2D eigenvalue weighted by Crippen LogP contribution is 2.15. The number of esters is 1. The summed E-state index contributed by atoms with van der Waals surface area (Å²) in [5.41, 5.74) is 0.113. The SMILES string of the molecule is CCCOC(=O)C(C)Oc1cccc(C(=O)O)c1. The first-order chi connectivity index (χ1) is 8.54. The van der Waals surface area contributed by atoms with Gasteiger partial charge in [-0.2, -0.15) is 0 Å². The molecule has 0 aliphatic heterocycles. The molecule has 1 aromatic carbocycles. The van der Waals surface area contributed by atoms with Gasteiger partial charge in [0.25, 0.3) is 0 Å². The Kier molecular flexibility index (Phi) is 5.17. The molecule has 0 amide bonds. The zero-order chi connectivity index (χ0) is 13.5. The molecule has 98 valence electrons. The Hall–Kier alpha value is -2.04. The Morgan fingerprint density at radius 1 is 1.39 bits per heavy atom. The molecule has 0 aliphatic carbocycles. The first-order valence-electron chi connectivity index (χ1n) is 5.71. The summed E-state index contributed by atoms with van der Waals surface area (Å²) < 4.78 is 10.2. The molecule has 0 aromatic heterocycles. The quantitative estimate of drug-likeness (QED) is 0.785. The average Bonchev–Trinajstić information content (AvgIpc) is 2.36. The minimum absolute atomic E-state index is 0.113. The topological polar surface area (TPSA) is 72.8 Å². The number of carbonyl (C=O) groups is 2. The van der Waals surface area contributed by atoms with E-state index < -0.39 is 18.0 Å². The Morgan fingerprint density at radius 3 is 2.72 bits per heavy atom. The van der Waals surface area contributed by atoms with Crippen LogP contribution in [0.25, 0.3) is 0 Å². The van der Waals surface area contributed by atoms with Crippen LogP contribution in [0.15, 0.2) is 24.3 Å². The van der Waals surface area contributed by atoms with Crippen LogP contribution in [0.1, 0.15) is 30.6 Å². The smallest absolute Gasteiger partial charge is 0.347 e. The van der Waals surface area contributed by atoms with Crippen LogP contribution < -0.4 is 4.74 Å². The summed E-state index contributed by atoms with van der Waals surface area (Å²) in [5, 5.41) is 8.82. The molecule has 5 nitrogen and oxygen atoms in total. The number of carboxylic acids is 1. The van der Waals surface area contributed by atoms with Gasteiger partial charge in [-0.15, -0.1) is 0 Å². The van der Waals surface area contributed by atoms with Gasteiger partial charge in [-0.05, 0) is 31.5 Å². The molecule has 0 spiro atoms. The van der Waals surface area contributed by atoms with Crippen LogP contribution in [0, 0.1) is 0 Å². The van der Waals surface area contributed by atoms with Crippen LogP contribution >= 0.6 is 0 Å². The average molecular weight is 252 g/mol. The molecule has 0 fully saturated rings. The summed E-state index contributed by atoms with van der Waals surface area (Å²) >= 11 is 0. The third kappa shape index (κ3) is 4.08. The van der Waals surface area contributed by atoms with E-state index in [1.54, 1.807) is 19.1 Å². The van der Waals surface area contributed by atoms with Gasteiger partial charge in [0.15, 0.2) is 6.10 Å². The zero-order valence-electron chi connectivity index (χ0n) is 10.4. The monoisotopic (exact) mass is 252 g/mol. The summed E-state index contributed by atoms with van der Waals surface area (Å²) in [6, 6.07) is 5.97. The van der Waals surface area contributed by atoms with Crippen molar-refractivity contribution in [1.29, 1.82) is 0 Å². The maximum atomic E-state index is 11.5. The fourth-order valence-corrected chi connectivity index (χ4v) is 1.27. The van der Waals surface area contributed by atoms with Crippen LogP contribution in [0.5, 0.6) is 5.75 Å². The molecule has 0 aliphatic rings. The normalized spacial score (nSPS) is 11.7. The highest BCUT2D eigenvalue weighted by molar-refractivity contribution is 5.88. The molecular weight excluding hydrogens is 236 g/mol. The van der Waals surface area contributed by atoms with Crippen molar-refractivity contribution in [2.45, 2.75) is 26.4 Å². The van der Waals surface area contributed by atoms with E-state index in [2.05, 4.69) is 0 Å². The predicted octanol–water partition coefficient (Wildman–Crippen LogP) is 2.11. The Balaban J connectivity index is 2.63. The van der Waals surface area contributed by atoms with Gasteiger partial charge in [-0.25, -0.2) is 9.59 Å². The highest BCUT2D eigenvalue weighted by atomic mass is 16.6. The van der Waals surface area contributed by atoms with Crippen molar-refractivity contribution in [3.05, 3.63) is 29.8 Å². The third-order valence-electron chi connectivity index (χ3n) is 2.17. The minimum atomic E-state index is -1.04. The van der Waals surface area contributed by atoms with E-state index in [1.807, 2.05) is 6.92 Å². The van der Waals surface area contributed by atoms with E-state index in [-0.39, 0.29) is 5.56 Å². The second-order valence-corrected chi connectivity index (χ2v) is 3.76. The standard InChI is InChI=1S/C13H16O5/c1-3-7-17-13(16)9(2)18-11-6-4-5-10(8-11)12(14)15/h4-6,8-9H,3,7H2,1-2H3,(H,14,15). The molecule has 0 bridgehead atoms. The molecule has 0 heterocycles. The van der Waals surface area contributed by atoms with Crippen molar-refractivity contribution >= 4 is 11.9 Å². The van der Waals surface area contributed by atoms with Gasteiger partial charge >= 0.3 is 11.9 Å². The molecule has 5 heteroatoms. The van der Waals surface area contributed by atoms with Gasteiger partial charge in [0.05, 0.1) is 12.2 Å². The number of ether oxygens (including phenoxy) is 2. The first-order valence-corrected chi connectivity index (χ1v) is 5.71. The summed E-state index contributed by atoms with van der Waals surface area (Å²) in [7, 11) is 0. The molecule has 0 saturated heterocycles. The molecule has 0 radical (unpaired) electrons. The second-order valence-electron chi connectivity index (χ2n) is 3.76. The summed E-state index contributed by atoms with van der Waals surface area (Å²) in [4.78, 5) is 22.2. The maximum absolute atomic E-state index is 11.5. The van der Waals surface area contributed by atoms with Gasteiger partial charge in [-0.3, -0.25) is 0 Å². The molecule has 1 atom stereocenters. The lowest BCUT2D eigenvalue weighted by Gasteiger charge is -2.13. The molecule has 1 unspecified atom stereocenters. The lowest BCUT2D eigenvalue weighted by molar-refractivity contribution is -0.151. The van der Waals surface area contributed by atoms with E-state index in [9.17, 15) is 9.59 Å². The molecule has 18 heavy (non-hydrogen) atoms. The number of carbonyl (C=O) groups excluding carboxylic acids is 1. The molecular formula is C13H16O5. The van der Waals surface area contributed by atoms with Crippen LogP contribution in [0.4, 0.5) is 0 Å². The first kappa shape index (κ1) is 14.0. The molecule has 1 rings (SSSR count). The number of benzene rings is 1. The summed E-state index contributed by atoms with van der Waals surface area (Å²) in [5.74, 6) is -1.17. The molecule has 1 N–H and O–H groups in total. The van der Waals surface area contributed by atoms with Gasteiger partial charge in [-0.1, -0.05) is 13.0 Å². The predicted molar refractivity (Wildman–Crippen MR) is 64.7 cm³/mol. The highest BCUT2D eigenvalue weighted by Gasteiger charge is 2.16. The number of hydrogen-bond donors (Lipinski definition) is 1. The summed E-state index contributed by atoms with van der Waals surface area (Å²) in [6.45, 7) is 3.81. The second kappa shape index (κ2) is 6.64. The molecule has 0 saturated carbocycles. The van der Waals surface area contributed by atoms with Crippen molar-refractivity contribution < 1.29 is 24.2 Å². The number of hydrogen-bond acceptors (Lipinski definition) is 4. The third-order valence-corrected chi connectivity index (χ3v) is 2.17. The zero-order valence-corrected chi connectivity index (χ0v) is 10.4. The van der Waals surface area contributed by atoms with E-state index in [0.717, 1.165) is 6.42 Å². The van der Waals surface area contributed by atoms with Crippen molar-refractivity contribution in [1.82, 2.24) is 0 Å². The lowest BCUT2D eigenvalue weighted by atomic mass is 10.2. The van der Waals surface area contributed by atoms with Crippen LogP contribution in [-0.4, -0.2) is 29.8 Å². The Morgan fingerprint density at radius 2 is 2.11 bits per heavy atom. The largest absolute Gasteiger partial charge is 0.479 e. The summed E-state index contributed by atoms with van der Waals surface area (Å²) in [6.07, 6.45) is -0.0203. The maximum Gasteiger partial charge on any atom is 0.347 e. The van der Waals surface area contributed by atoms with Crippen molar-refractivity contribution in [2.75, 3.05) is 6.61 Å².